The maximum Gasteiger partial charge on any atom is 0.188 e. The van der Waals surface area contributed by atoms with Crippen molar-refractivity contribution in [2.75, 3.05) is 13.1 Å². The van der Waals surface area contributed by atoms with Gasteiger partial charge in [-0.2, -0.15) is 4.80 Å². The lowest BCUT2D eigenvalue weighted by Crippen LogP contribution is -2.61. The molecule has 2 rings (SSSR count). The zero-order valence-electron chi connectivity index (χ0n) is 11.1. The molecule has 1 unspecified atom stereocenters. The highest BCUT2D eigenvalue weighted by Gasteiger charge is 2.33. The number of nitrogens with zero attached hydrogens (tertiary/aromatic N) is 5. The Hall–Kier alpha value is -1.01. The first-order valence-electron chi connectivity index (χ1n) is 6.22. The number of rotatable bonds is 3. The topological polar surface area (TPSA) is 58.9 Å². The predicted octanol–water partition coefficient (Wildman–Crippen LogP) is 0.173. The van der Waals surface area contributed by atoms with Crippen LogP contribution in [-0.2, 0) is 13.6 Å². The Morgan fingerprint density at radius 1 is 1.47 bits per heavy atom. The highest BCUT2D eigenvalue weighted by molar-refractivity contribution is 4.94. The fourth-order valence-corrected chi connectivity index (χ4v) is 2.19. The average molecular weight is 238 g/mol. The summed E-state index contributed by atoms with van der Waals surface area (Å²) in [5, 5.41) is 15.8. The third kappa shape index (κ3) is 2.81. The molecule has 1 N–H and O–H groups in total. The minimum atomic E-state index is 0.144. The Morgan fingerprint density at radius 3 is 2.82 bits per heavy atom. The van der Waals surface area contributed by atoms with Gasteiger partial charge in [-0.05, 0) is 25.5 Å². The summed E-state index contributed by atoms with van der Waals surface area (Å²) in [6.07, 6.45) is 1.15. The third-order valence-electron chi connectivity index (χ3n) is 3.50. The predicted molar refractivity (Wildman–Crippen MR) is 65.4 cm³/mol. The molecule has 1 aliphatic heterocycles. The van der Waals surface area contributed by atoms with Crippen LogP contribution in [0.4, 0.5) is 0 Å². The second-order valence-corrected chi connectivity index (χ2v) is 5.37. The monoisotopic (exact) mass is 238 g/mol. The summed E-state index contributed by atoms with van der Waals surface area (Å²) in [5.74, 6) is 0.803. The van der Waals surface area contributed by atoms with Gasteiger partial charge < -0.3 is 5.32 Å². The van der Waals surface area contributed by atoms with E-state index in [0.717, 1.165) is 31.9 Å². The Morgan fingerprint density at radius 2 is 2.24 bits per heavy atom. The summed E-state index contributed by atoms with van der Waals surface area (Å²) in [7, 11) is 1.80. The quantitative estimate of drug-likeness (QED) is 0.813. The summed E-state index contributed by atoms with van der Waals surface area (Å²) in [5.41, 5.74) is 0.144. The molecule has 1 saturated heterocycles. The van der Waals surface area contributed by atoms with Crippen molar-refractivity contribution in [1.29, 1.82) is 0 Å². The molecule has 6 nitrogen and oxygen atoms in total. The Labute approximate surface area is 102 Å². The standard InChI is InChI=1S/C11H22N6/c1-5-9-6-17(11(2,3)8-12-9)7-10-13-15-16(4)14-10/h9,12H,5-8H2,1-4H3. The van der Waals surface area contributed by atoms with Crippen molar-refractivity contribution in [3.8, 4) is 0 Å². The van der Waals surface area contributed by atoms with Crippen LogP contribution in [0.25, 0.3) is 0 Å². The lowest BCUT2D eigenvalue weighted by Gasteiger charge is -2.45. The SMILES string of the molecule is CCC1CN(Cc2nnn(C)n2)C(C)(C)CN1. The van der Waals surface area contributed by atoms with Gasteiger partial charge in [0.2, 0.25) is 0 Å². The van der Waals surface area contributed by atoms with Crippen LogP contribution in [0.1, 0.15) is 33.0 Å². The molecule has 1 fully saturated rings. The summed E-state index contributed by atoms with van der Waals surface area (Å²) in [6.45, 7) is 9.55. The molecular weight excluding hydrogens is 216 g/mol. The van der Waals surface area contributed by atoms with Crippen molar-refractivity contribution in [2.45, 2.75) is 45.3 Å². The smallest absolute Gasteiger partial charge is 0.188 e. The van der Waals surface area contributed by atoms with Gasteiger partial charge in [0.05, 0.1) is 13.6 Å². The molecule has 1 aromatic heterocycles. The fourth-order valence-electron chi connectivity index (χ4n) is 2.19. The zero-order valence-corrected chi connectivity index (χ0v) is 11.1. The minimum absolute atomic E-state index is 0.144. The zero-order chi connectivity index (χ0) is 12.5. The van der Waals surface area contributed by atoms with Gasteiger partial charge in [0, 0.05) is 24.7 Å². The van der Waals surface area contributed by atoms with Crippen molar-refractivity contribution in [3.05, 3.63) is 5.82 Å². The second kappa shape index (κ2) is 4.70. The molecule has 17 heavy (non-hydrogen) atoms. The summed E-state index contributed by atoms with van der Waals surface area (Å²) < 4.78 is 0. The van der Waals surface area contributed by atoms with Crippen molar-refractivity contribution in [1.82, 2.24) is 30.4 Å². The summed E-state index contributed by atoms with van der Waals surface area (Å²) in [6, 6.07) is 0.569. The highest BCUT2D eigenvalue weighted by Crippen LogP contribution is 2.21. The fraction of sp³-hybridized carbons (Fsp3) is 0.909. The molecule has 96 valence electrons. The number of nitrogens with one attached hydrogen (secondary N) is 1. The van der Waals surface area contributed by atoms with E-state index in [1.165, 1.54) is 4.80 Å². The van der Waals surface area contributed by atoms with Gasteiger partial charge in [0.25, 0.3) is 0 Å². The van der Waals surface area contributed by atoms with Gasteiger partial charge in [0.1, 0.15) is 0 Å². The van der Waals surface area contributed by atoms with Crippen molar-refractivity contribution >= 4 is 0 Å². The van der Waals surface area contributed by atoms with Crippen LogP contribution in [-0.4, -0.2) is 49.8 Å². The summed E-state index contributed by atoms with van der Waals surface area (Å²) in [4.78, 5) is 3.95. The molecule has 0 aliphatic carbocycles. The Balaban J connectivity index is 2.05. The summed E-state index contributed by atoms with van der Waals surface area (Å²) >= 11 is 0. The maximum absolute atomic E-state index is 4.25. The first kappa shape index (κ1) is 12.4. The molecule has 1 atom stereocenters. The molecule has 0 bridgehead atoms. The van der Waals surface area contributed by atoms with Gasteiger partial charge in [-0.15, -0.1) is 10.2 Å². The number of aryl methyl sites for hydroxylation is 1. The third-order valence-corrected chi connectivity index (χ3v) is 3.50. The van der Waals surface area contributed by atoms with E-state index < -0.39 is 0 Å². The van der Waals surface area contributed by atoms with E-state index in [0.29, 0.717) is 6.04 Å². The average Bonchev–Trinajstić information content (AvgIpc) is 2.67. The van der Waals surface area contributed by atoms with Crippen LogP contribution >= 0.6 is 0 Å². The second-order valence-electron chi connectivity index (χ2n) is 5.37. The number of hydrogen-bond acceptors (Lipinski definition) is 5. The van der Waals surface area contributed by atoms with E-state index in [1.807, 2.05) is 0 Å². The van der Waals surface area contributed by atoms with Gasteiger partial charge in [0.15, 0.2) is 5.82 Å². The van der Waals surface area contributed by atoms with E-state index in [2.05, 4.69) is 46.4 Å². The van der Waals surface area contributed by atoms with Crippen molar-refractivity contribution in [2.24, 2.45) is 7.05 Å². The molecular formula is C11H22N6. The normalized spacial score (nSPS) is 25.1. The lowest BCUT2D eigenvalue weighted by atomic mass is 9.96. The Kier molecular flexibility index (Phi) is 3.44. The lowest BCUT2D eigenvalue weighted by molar-refractivity contribution is 0.0552. The van der Waals surface area contributed by atoms with E-state index >= 15 is 0 Å². The van der Waals surface area contributed by atoms with Gasteiger partial charge in [-0.3, -0.25) is 4.90 Å². The highest BCUT2D eigenvalue weighted by atomic mass is 15.6. The largest absolute Gasteiger partial charge is 0.311 e. The van der Waals surface area contributed by atoms with E-state index in [9.17, 15) is 0 Å². The maximum atomic E-state index is 4.25. The molecule has 1 aliphatic rings. The minimum Gasteiger partial charge on any atom is -0.311 e. The van der Waals surface area contributed by atoms with Crippen LogP contribution in [0, 0.1) is 0 Å². The van der Waals surface area contributed by atoms with Crippen LogP contribution in [0.3, 0.4) is 0 Å². The van der Waals surface area contributed by atoms with Gasteiger partial charge in [-0.1, -0.05) is 6.92 Å². The molecule has 6 heteroatoms. The molecule has 0 amide bonds. The first-order valence-corrected chi connectivity index (χ1v) is 6.22. The molecule has 1 aromatic rings. The van der Waals surface area contributed by atoms with Gasteiger partial charge >= 0.3 is 0 Å². The first-order chi connectivity index (χ1) is 8.01. The van der Waals surface area contributed by atoms with Crippen LogP contribution < -0.4 is 5.32 Å². The number of piperazine rings is 1. The Bertz CT molecular complexity index is 372. The van der Waals surface area contributed by atoms with E-state index in [1.54, 1.807) is 7.05 Å². The van der Waals surface area contributed by atoms with Crippen LogP contribution in [0.2, 0.25) is 0 Å². The number of tetrazole rings is 1. The van der Waals surface area contributed by atoms with Crippen LogP contribution in [0.5, 0.6) is 0 Å². The number of aromatic nitrogens is 4. The van der Waals surface area contributed by atoms with Crippen molar-refractivity contribution in [3.63, 3.8) is 0 Å². The van der Waals surface area contributed by atoms with E-state index in [4.69, 9.17) is 0 Å². The molecule has 0 radical (unpaired) electrons. The number of hydrogen-bond donors (Lipinski definition) is 1. The van der Waals surface area contributed by atoms with Gasteiger partial charge in [-0.25, -0.2) is 0 Å². The molecule has 0 saturated carbocycles. The van der Waals surface area contributed by atoms with Crippen molar-refractivity contribution < 1.29 is 0 Å². The van der Waals surface area contributed by atoms with Crippen LogP contribution in [0.15, 0.2) is 0 Å². The molecule has 0 spiro atoms. The van der Waals surface area contributed by atoms with E-state index in [-0.39, 0.29) is 5.54 Å². The molecule has 2 heterocycles. The molecule has 0 aromatic carbocycles.